The van der Waals surface area contributed by atoms with E-state index in [0.717, 1.165) is 19.4 Å². The second-order valence-corrected chi connectivity index (χ2v) is 6.00. The van der Waals surface area contributed by atoms with Gasteiger partial charge >= 0.3 is 0 Å². The summed E-state index contributed by atoms with van der Waals surface area (Å²) in [6.07, 6.45) is 3.26. The van der Waals surface area contributed by atoms with E-state index in [0.29, 0.717) is 29.6 Å². The second kappa shape index (κ2) is 7.20. The van der Waals surface area contributed by atoms with Gasteiger partial charge in [0.15, 0.2) is 11.6 Å². The van der Waals surface area contributed by atoms with Crippen LogP contribution >= 0.6 is 0 Å². The molecule has 0 aliphatic carbocycles. The van der Waals surface area contributed by atoms with Crippen LogP contribution in [-0.2, 0) is 11.3 Å². The topological polar surface area (TPSA) is 95.2 Å². The molecule has 136 valence electrons. The molecule has 1 atom stereocenters. The fraction of sp³-hybridized carbons (Fsp3) is 0.412. The maximum Gasteiger partial charge on any atom is 0.235 e. The van der Waals surface area contributed by atoms with Gasteiger partial charge < -0.3 is 19.2 Å². The smallest absolute Gasteiger partial charge is 0.235 e. The molecule has 2 aromatic heterocycles. The average molecular weight is 359 g/mol. The lowest BCUT2D eigenvalue weighted by Gasteiger charge is -2.18. The van der Waals surface area contributed by atoms with Gasteiger partial charge in [-0.3, -0.25) is 0 Å². The Labute approximate surface area is 148 Å². The van der Waals surface area contributed by atoms with Crippen LogP contribution in [-0.4, -0.2) is 40.5 Å². The summed E-state index contributed by atoms with van der Waals surface area (Å²) in [6, 6.07) is 3.25. The molecule has 1 fully saturated rings. The number of aromatic nitrogens is 4. The zero-order valence-corrected chi connectivity index (χ0v) is 14.2. The quantitative estimate of drug-likeness (QED) is 0.743. The van der Waals surface area contributed by atoms with Crippen LogP contribution in [0.2, 0.25) is 0 Å². The van der Waals surface area contributed by atoms with Gasteiger partial charge in [-0.2, -0.15) is 0 Å². The molecule has 1 aromatic carbocycles. The van der Waals surface area contributed by atoms with Gasteiger partial charge in [-0.1, -0.05) is 0 Å². The SMILES string of the molecule is COc1ccc2c(NCc3nnc(C4CCCOC4)o3)ncnc2c1F. The van der Waals surface area contributed by atoms with Crippen molar-refractivity contribution in [1.82, 2.24) is 20.2 Å². The molecule has 0 amide bonds. The van der Waals surface area contributed by atoms with Crippen LogP contribution in [0.5, 0.6) is 5.75 Å². The summed E-state index contributed by atoms with van der Waals surface area (Å²) in [7, 11) is 1.41. The number of fused-ring (bicyclic) bond motifs is 1. The molecule has 3 heterocycles. The molecule has 4 rings (SSSR count). The van der Waals surface area contributed by atoms with E-state index in [4.69, 9.17) is 13.9 Å². The van der Waals surface area contributed by atoms with Crippen molar-refractivity contribution in [3.8, 4) is 5.75 Å². The normalized spacial score (nSPS) is 17.4. The van der Waals surface area contributed by atoms with Crippen LogP contribution in [0.1, 0.15) is 30.5 Å². The highest BCUT2D eigenvalue weighted by Gasteiger charge is 2.22. The molecule has 0 saturated carbocycles. The van der Waals surface area contributed by atoms with Gasteiger partial charge in [-0.05, 0) is 25.0 Å². The number of methoxy groups -OCH3 is 1. The lowest BCUT2D eigenvalue weighted by Crippen LogP contribution is -2.15. The highest BCUT2D eigenvalue weighted by Crippen LogP contribution is 2.28. The van der Waals surface area contributed by atoms with E-state index < -0.39 is 5.82 Å². The van der Waals surface area contributed by atoms with Crippen molar-refractivity contribution in [3.63, 3.8) is 0 Å². The Bertz CT molecular complexity index is 911. The monoisotopic (exact) mass is 359 g/mol. The Hall–Kier alpha value is -2.81. The summed E-state index contributed by atoms with van der Waals surface area (Å²) in [5, 5.41) is 11.8. The van der Waals surface area contributed by atoms with E-state index in [9.17, 15) is 4.39 Å². The van der Waals surface area contributed by atoms with E-state index in [1.165, 1.54) is 13.4 Å². The number of rotatable bonds is 5. The molecule has 26 heavy (non-hydrogen) atoms. The number of anilines is 1. The van der Waals surface area contributed by atoms with Crippen molar-refractivity contribution >= 4 is 16.7 Å². The van der Waals surface area contributed by atoms with Crippen molar-refractivity contribution < 1.29 is 18.3 Å². The first-order chi connectivity index (χ1) is 12.8. The van der Waals surface area contributed by atoms with Gasteiger partial charge in [0.25, 0.3) is 0 Å². The number of halogens is 1. The van der Waals surface area contributed by atoms with Crippen molar-refractivity contribution in [2.75, 3.05) is 25.6 Å². The lowest BCUT2D eigenvalue weighted by molar-refractivity contribution is 0.0722. The molecular weight excluding hydrogens is 341 g/mol. The minimum absolute atomic E-state index is 0.137. The average Bonchev–Trinajstić information content (AvgIpc) is 3.17. The first-order valence-electron chi connectivity index (χ1n) is 8.37. The van der Waals surface area contributed by atoms with Gasteiger partial charge in [0.2, 0.25) is 11.8 Å². The minimum atomic E-state index is -0.521. The number of hydrogen-bond donors (Lipinski definition) is 1. The van der Waals surface area contributed by atoms with Crippen LogP contribution in [0.15, 0.2) is 22.9 Å². The Balaban J connectivity index is 1.51. The summed E-state index contributed by atoms with van der Waals surface area (Å²) in [5.41, 5.74) is 0.187. The maximum absolute atomic E-state index is 14.3. The summed E-state index contributed by atoms with van der Waals surface area (Å²) in [5.74, 6) is 1.27. The molecule has 1 aliphatic heterocycles. The number of nitrogens with zero attached hydrogens (tertiary/aromatic N) is 4. The van der Waals surface area contributed by atoms with E-state index in [1.54, 1.807) is 12.1 Å². The highest BCUT2D eigenvalue weighted by atomic mass is 19.1. The molecular formula is C17H18FN5O3. The summed E-state index contributed by atoms with van der Waals surface area (Å²) >= 11 is 0. The van der Waals surface area contributed by atoms with Gasteiger partial charge in [-0.15, -0.1) is 10.2 Å². The number of hydrogen-bond acceptors (Lipinski definition) is 8. The Morgan fingerprint density at radius 2 is 2.23 bits per heavy atom. The van der Waals surface area contributed by atoms with Crippen LogP contribution in [0, 0.1) is 5.82 Å². The number of ether oxygens (including phenoxy) is 2. The Kier molecular flexibility index (Phi) is 4.61. The minimum Gasteiger partial charge on any atom is -0.494 e. The van der Waals surface area contributed by atoms with E-state index in [2.05, 4.69) is 25.5 Å². The largest absolute Gasteiger partial charge is 0.494 e. The fourth-order valence-corrected chi connectivity index (χ4v) is 2.97. The number of nitrogens with one attached hydrogen (secondary N) is 1. The van der Waals surface area contributed by atoms with E-state index >= 15 is 0 Å². The van der Waals surface area contributed by atoms with Crippen molar-refractivity contribution in [1.29, 1.82) is 0 Å². The zero-order valence-electron chi connectivity index (χ0n) is 14.2. The van der Waals surface area contributed by atoms with Gasteiger partial charge in [-0.25, -0.2) is 14.4 Å². The van der Waals surface area contributed by atoms with Crippen LogP contribution in [0.25, 0.3) is 10.9 Å². The molecule has 0 radical (unpaired) electrons. The molecule has 1 saturated heterocycles. The third-order valence-electron chi connectivity index (χ3n) is 4.33. The second-order valence-electron chi connectivity index (χ2n) is 6.00. The molecule has 1 N–H and O–H groups in total. The van der Waals surface area contributed by atoms with Gasteiger partial charge in [0, 0.05) is 12.0 Å². The van der Waals surface area contributed by atoms with Crippen LogP contribution in [0.3, 0.4) is 0 Å². The summed E-state index contributed by atoms with van der Waals surface area (Å²) in [6.45, 7) is 1.66. The van der Waals surface area contributed by atoms with Crippen LogP contribution < -0.4 is 10.1 Å². The predicted molar refractivity (Wildman–Crippen MR) is 90.5 cm³/mol. The summed E-state index contributed by atoms with van der Waals surface area (Å²) < 4.78 is 30.5. The van der Waals surface area contributed by atoms with Crippen LogP contribution in [0.4, 0.5) is 10.2 Å². The van der Waals surface area contributed by atoms with E-state index in [1.807, 2.05) is 0 Å². The lowest BCUT2D eigenvalue weighted by atomic mass is 10.0. The van der Waals surface area contributed by atoms with Gasteiger partial charge in [0.1, 0.15) is 17.7 Å². The first kappa shape index (κ1) is 16.6. The molecule has 9 heteroatoms. The number of benzene rings is 1. The van der Waals surface area contributed by atoms with Crippen molar-refractivity contribution in [2.24, 2.45) is 0 Å². The molecule has 8 nitrogen and oxygen atoms in total. The molecule has 1 aliphatic rings. The molecule has 1 unspecified atom stereocenters. The Morgan fingerprint density at radius 3 is 3.04 bits per heavy atom. The van der Waals surface area contributed by atoms with Gasteiger partial charge in [0.05, 0.1) is 26.2 Å². The van der Waals surface area contributed by atoms with E-state index in [-0.39, 0.29) is 23.7 Å². The predicted octanol–water partition coefficient (Wildman–Crippen LogP) is 2.67. The maximum atomic E-state index is 14.3. The van der Waals surface area contributed by atoms with Crippen molar-refractivity contribution in [3.05, 3.63) is 36.1 Å². The van der Waals surface area contributed by atoms with Crippen molar-refractivity contribution in [2.45, 2.75) is 25.3 Å². The molecule has 0 spiro atoms. The molecule has 3 aromatic rings. The summed E-state index contributed by atoms with van der Waals surface area (Å²) in [4.78, 5) is 8.17. The molecule has 0 bridgehead atoms. The first-order valence-corrected chi connectivity index (χ1v) is 8.37. The third-order valence-corrected chi connectivity index (χ3v) is 4.33. The highest BCUT2D eigenvalue weighted by molar-refractivity contribution is 5.90. The third kappa shape index (κ3) is 3.17. The zero-order chi connectivity index (χ0) is 17.9. The standard InChI is InChI=1S/C17H18FN5O3/c1-24-12-5-4-11-15(14(12)18)20-9-21-16(11)19-7-13-22-23-17(26-13)10-3-2-6-25-8-10/h4-5,9-10H,2-3,6-8H2,1H3,(H,19,20,21). The Morgan fingerprint density at radius 1 is 1.31 bits per heavy atom. The fourth-order valence-electron chi connectivity index (χ4n) is 2.97.